The number of hydrogen-bond acceptors (Lipinski definition) is 8. The van der Waals surface area contributed by atoms with Gasteiger partial charge in [-0.15, -0.1) is 0 Å². The normalized spacial score (nSPS) is 24.5. The molecule has 3 amide bonds. The van der Waals surface area contributed by atoms with Gasteiger partial charge in [-0.3, -0.25) is 29.6 Å². The number of aliphatic hydroxyl groups is 1. The Morgan fingerprint density at radius 2 is 1.88 bits per heavy atom. The van der Waals surface area contributed by atoms with E-state index >= 15 is 0 Å². The van der Waals surface area contributed by atoms with Crippen LogP contribution >= 0.6 is 0 Å². The van der Waals surface area contributed by atoms with Gasteiger partial charge in [0.05, 0.1) is 11.7 Å². The van der Waals surface area contributed by atoms with E-state index in [-0.39, 0.29) is 30.4 Å². The Bertz CT molecular complexity index is 1400. The van der Waals surface area contributed by atoms with E-state index in [4.69, 9.17) is 9.47 Å². The SMILES string of the molecule is CC(C)(C)OC(=O)N1CCc2cccc(CN3CCCC[C@@H]3COc3ccc4c(c3)CN(C3CCC(=O)NC3=O)C4O)c21. The Balaban J connectivity index is 1.12. The minimum Gasteiger partial charge on any atom is -0.492 e. The maximum atomic E-state index is 13.1. The van der Waals surface area contributed by atoms with Crippen molar-refractivity contribution >= 4 is 23.6 Å². The Morgan fingerprint density at radius 3 is 2.67 bits per heavy atom. The van der Waals surface area contributed by atoms with Gasteiger partial charge in [0.15, 0.2) is 0 Å². The van der Waals surface area contributed by atoms with Gasteiger partial charge in [0, 0.05) is 37.7 Å². The second-order valence-corrected chi connectivity index (χ2v) is 13.1. The summed E-state index contributed by atoms with van der Waals surface area (Å²) >= 11 is 0. The van der Waals surface area contributed by atoms with Gasteiger partial charge in [-0.05, 0) is 81.8 Å². The highest BCUT2D eigenvalue weighted by Crippen LogP contribution is 2.38. The first kappa shape index (κ1) is 29.6. The van der Waals surface area contributed by atoms with Crippen LogP contribution in [-0.2, 0) is 33.8 Å². The van der Waals surface area contributed by atoms with E-state index in [0.29, 0.717) is 26.1 Å². The van der Waals surface area contributed by atoms with Crippen molar-refractivity contribution in [2.24, 2.45) is 0 Å². The molecule has 0 radical (unpaired) electrons. The number of aliphatic hydroxyl groups excluding tert-OH is 1. The summed E-state index contributed by atoms with van der Waals surface area (Å²) in [5.74, 6) is 0.116. The molecule has 6 rings (SSSR count). The third-order valence-electron chi connectivity index (χ3n) is 8.93. The molecule has 0 bridgehead atoms. The molecular formula is C33H42N4O6. The average molecular weight is 591 g/mol. The van der Waals surface area contributed by atoms with E-state index in [2.05, 4.69) is 28.4 Å². The molecule has 2 aromatic rings. The lowest BCUT2D eigenvalue weighted by Gasteiger charge is -2.36. The number of likely N-dealkylation sites (tertiary alicyclic amines) is 1. The molecule has 4 aliphatic rings. The third-order valence-corrected chi connectivity index (χ3v) is 8.93. The zero-order valence-electron chi connectivity index (χ0n) is 25.3. The molecule has 4 heterocycles. The summed E-state index contributed by atoms with van der Waals surface area (Å²) in [5, 5.41) is 13.3. The van der Waals surface area contributed by atoms with Crippen molar-refractivity contribution in [3.8, 4) is 5.75 Å². The van der Waals surface area contributed by atoms with Gasteiger partial charge in [-0.2, -0.15) is 0 Å². The summed E-state index contributed by atoms with van der Waals surface area (Å²) in [7, 11) is 0. The van der Waals surface area contributed by atoms with Crippen molar-refractivity contribution in [3.05, 3.63) is 58.7 Å². The second-order valence-electron chi connectivity index (χ2n) is 13.1. The molecule has 0 saturated carbocycles. The number of fused-ring (bicyclic) bond motifs is 2. The summed E-state index contributed by atoms with van der Waals surface area (Å²) in [4.78, 5) is 43.1. The van der Waals surface area contributed by atoms with Crippen LogP contribution in [0.4, 0.5) is 10.5 Å². The number of nitrogens with one attached hydrogen (secondary N) is 1. The molecule has 4 aliphatic heterocycles. The Kier molecular flexibility index (Phi) is 8.19. The van der Waals surface area contributed by atoms with Crippen molar-refractivity contribution in [2.45, 2.75) is 96.3 Å². The van der Waals surface area contributed by atoms with E-state index in [1.807, 2.05) is 39.0 Å². The summed E-state index contributed by atoms with van der Waals surface area (Å²) in [6, 6.07) is 11.7. The lowest BCUT2D eigenvalue weighted by molar-refractivity contribution is -0.141. The number of carbonyl (C=O) groups excluding carboxylic acids is 3. The molecule has 3 atom stereocenters. The fraction of sp³-hybridized carbons (Fsp3) is 0.545. The fourth-order valence-corrected chi connectivity index (χ4v) is 6.83. The van der Waals surface area contributed by atoms with E-state index < -0.39 is 17.9 Å². The molecule has 0 aliphatic carbocycles. The van der Waals surface area contributed by atoms with E-state index in [1.54, 1.807) is 9.80 Å². The first-order chi connectivity index (χ1) is 20.6. The largest absolute Gasteiger partial charge is 0.492 e. The van der Waals surface area contributed by atoms with Crippen LogP contribution in [0.15, 0.2) is 36.4 Å². The van der Waals surface area contributed by atoms with Crippen molar-refractivity contribution in [1.29, 1.82) is 0 Å². The molecular weight excluding hydrogens is 548 g/mol. The van der Waals surface area contributed by atoms with E-state index in [0.717, 1.165) is 66.9 Å². The molecule has 2 N–H and O–H groups in total. The molecule has 0 spiro atoms. The highest BCUT2D eigenvalue weighted by Gasteiger charge is 2.40. The maximum Gasteiger partial charge on any atom is 0.414 e. The number of amides is 3. The van der Waals surface area contributed by atoms with E-state index in [1.165, 1.54) is 5.56 Å². The minimum absolute atomic E-state index is 0.222. The van der Waals surface area contributed by atoms with Gasteiger partial charge >= 0.3 is 6.09 Å². The number of anilines is 1. The molecule has 230 valence electrons. The van der Waals surface area contributed by atoms with Gasteiger partial charge < -0.3 is 14.6 Å². The molecule has 2 unspecified atom stereocenters. The number of benzene rings is 2. The highest BCUT2D eigenvalue weighted by molar-refractivity contribution is 6.00. The predicted octanol–water partition coefficient (Wildman–Crippen LogP) is 4.03. The van der Waals surface area contributed by atoms with Gasteiger partial charge in [-0.1, -0.05) is 30.7 Å². The van der Waals surface area contributed by atoms with Crippen molar-refractivity contribution in [1.82, 2.24) is 15.1 Å². The average Bonchev–Trinajstić information content (AvgIpc) is 3.53. The highest BCUT2D eigenvalue weighted by atomic mass is 16.6. The zero-order valence-corrected chi connectivity index (χ0v) is 25.3. The third kappa shape index (κ3) is 6.27. The number of imide groups is 1. The van der Waals surface area contributed by atoms with Gasteiger partial charge in [-0.25, -0.2) is 4.79 Å². The van der Waals surface area contributed by atoms with E-state index in [9.17, 15) is 19.5 Å². The summed E-state index contributed by atoms with van der Waals surface area (Å²) < 4.78 is 12.1. The smallest absolute Gasteiger partial charge is 0.414 e. The monoisotopic (exact) mass is 590 g/mol. The number of ether oxygens (including phenoxy) is 2. The van der Waals surface area contributed by atoms with Gasteiger partial charge in [0.2, 0.25) is 11.8 Å². The summed E-state index contributed by atoms with van der Waals surface area (Å²) in [6.07, 6.45) is 3.59. The van der Waals surface area contributed by atoms with Crippen LogP contribution in [0.25, 0.3) is 0 Å². The molecule has 10 nitrogen and oxygen atoms in total. The standard InChI is InChI=1S/C33H42N4O6/c1-33(2,3)43-32(41)36-16-14-21-7-6-8-22(29(21)36)18-35-15-5-4-9-24(35)20-42-25-10-11-26-23(17-25)19-37(31(26)40)27-12-13-28(38)34-30(27)39/h6-8,10-11,17,24,27,31,40H,4-5,9,12-16,18-20H2,1-3H3,(H,34,38,39)/t24-,27?,31?/m1/s1. The first-order valence-corrected chi connectivity index (χ1v) is 15.5. The Morgan fingerprint density at radius 1 is 1.05 bits per heavy atom. The quantitative estimate of drug-likeness (QED) is 0.486. The fourth-order valence-electron chi connectivity index (χ4n) is 6.83. The number of piperidine rings is 2. The molecule has 2 saturated heterocycles. The lowest BCUT2D eigenvalue weighted by atomic mass is 10.00. The molecule has 43 heavy (non-hydrogen) atoms. The first-order valence-electron chi connectivity index (χ1n) is 15.5. The minimum atomic E-state index is -0.894. The van der Waals surface area contributed by atoms with Crippen molar-refractivity contribution in [2.75, 3.05) is 24.6 Å². The second kappa shape index (κ2) is 11.9. The molecule has 2 fully saturated rings. The van der Waals surface area contributed by atoms with Crippen molar-refractivity contribution in [3.63, 3.8) is 0 Å². The summed E-state index contributed by atoms with van der Waals surface area (Å²) in [5.41, 5.74) is 4.44. The van der Waals surface area contributed by atoms with Crippen LogP contribution in [0.1, 0.15) is 81.4 Å². The van der Waals surface area contributed by atoms with Crippen LogP contribution in [0.3, 0.4) is 0 Å². The predicted molar refractivity (Wildman–Crippen MR) is 160 cm³/mol. The molecule has 0 aromatic heterocycles. The molecule has 10 heteroatoms. The van der Waals surface area contributed by atoms with Crippen LogP contribution in [-0.4, -0.2) is 70.2 Å². The van der Waals surface area contributed by atoms with Gasteiger partial charge in [0.25, 0.3) is 0 Å². The van der Waals surface area contributed by atoms with Gasteiger partial charge in [0.1, 0.15) is 24.2 Å². The molecule has 2 aromatic carbocycles. The number of rotatable bonds is 6. The lowest BCUT2D eigenvalue weighted by Crippen LogP contribution is -2.51. The number of nitrogens with zero attached hydrogens (tertiary/aromatic N) is 3. The topological polar surface area (TPSA) is 112 Å². The van der Waals surface area contributed by atoms with Crippen LogP contribution in [0.2, 0.25) is 0 Å². The summed E-state index contributed by atoms with van der Waals surface area (Å²) in [6.45, 7) is 8.94. The van der Waals surface area contributed by atoms with Crippen molar-refractivity contribution < 1.29 is 29.0 Å². The maximum absolute atomic E-state index is 13.1. The van der Waals surface area contributed by atoms with Crippen LogP contribution < -0.4 is 15.0 Å². The Hall–Kier alpha value is -3.47. The zero-order chi connectivity index (χ0) is 30.3. The number of para-hydroxylation sites is 1. The number of carbonyl (C=O) groups is 3. The van der Waals surface area contributed by atoms with Crippen LogP contribution in [0.5, 0.6) is 5.75 Å². The Labute approximate surface area is 252 Å². The number of hydrogen-bond donors (Lipinski definition) is 2. The van der Waals surface area contributed by atoms with Crippen LogP contribution in [0, 0.1) is 0 Å².